The number of likely N-dealkylation sites (tertiary alicyclic amines) is 1. The molecule has 3 aromatic rings. The SMILES string of the molecule is CN1CCCC1COc1nc2c(c(N3CCNCC3C(=O)O)n1)CCN(c1cccc3ccccc13)C2. The fourth-order valence-electron chi connectivity index (χ4n) is 5.92. The number of fused-ring (bicyclic) bond motifs is 2. The summed E-state index contributed by atoms with van der Waals surface area (Å²) in [5.41, 5.74) is 3.14. The van der Waals surface area contributed by atoms with Gasteiger partial charge in [0.25, 0.3) is 0 Å². The van der Waals surface area contributed by atoms with Crippen LogP contribution in [-0.4, -0.2) is 84.4 Å². The van der Waals surface area contributed by atoms with E-state index in [4.69, 9.17) is 14.7 Å². The van der Waals surface area contributed by atoms with Crippen molar-refractivity contribution in [1.82, 2.24) is 20.2 Å². The molecule has 4 heterocycles. The fraction of sp³-hybridized carbons (Fsp3) is 0.464. The lowest BCUT2D eigenvalue weighted by Gasteiger charge is -2.38. The van der Waals surface area contributed by atoms with Gasteiger partial charge in [-0.05, 0) is 44.3 Å². The molecule has 2 aromatic carbocycles. The predicted octanol–water partition coefficient (Wildman–Crippen LogP) is 2.53. The van der Waals surface area contributed by atoms with Crippen molar-refractivity contribution in [1.29, 1.82) is 0 Å². The van der Waals surface area contributed by atoms with E-state index in [-0.39, 0.29) is 0 Å². The Morgan fingerprint density at radius 3 is 2.84 bits per heavy atom. The fourth-order valence-corrected chi connectivity index (χ4v) is 5.92. The summed E-state index contributed by atoms with van der Waals surface area (Å²) in [5.74, 6) is -0.131. The lowest BCUT2D eigenvalue weighted by Crippen LogP contribution is -2.56. The van der Waals surface area contributed by atoms with Crippen LogP contribution in [-0.2, 0) is 17.8 Å². The summed E-state index contributed by atoms with van der Waals surface area (Å²) >= 11 is 0. The second-order valence-electron chi connectivity index (χ2n) is 10.3. The first-order valence-corrected chi connectivity index (χ1v) is 13.2. The van der Waals surface area contributed by atoms with Crippen LogP contribution in [0.1, 0.15) is 24.1 Å². The van der Waals surface area contributed by atoms with Gasteiger partial charge >= 0.3 is 12.0 Å². The lowest BCUT2D eigenvalue weighted by molar-refractivity contribution is -0.138. The average Bonchev–Trinajstić information content (AvgIpc) is 3.35. The number of likely N-dealkylation sites (N-methyl/N-ethyl adjacent to an activating group) is 1. The van der Waals surface area contributed by atoms with Crippen molar-refractivity contribution < 1.29 is 14.6 Å². The minimum Gasteiger partial charge on any atom is -0.480 e. The number of anilines is 2. The monoisotopic (exact) mass is 502 g/mol. The molecule has 0 amide bonds. The number of rotatable bonds is 6. The molecule has 2 saturated heterocycles. The van der Waals surface area contributed by atoms with Crippen molar-refractivity contribution in [2.24, 2.45) is 0 Å². The molecule has 3 aliphatic rings. The Morgan fingerprint density at radius 1 is 1.14 bits per heavy atom. The molecule has 2 fully saturated rings. The first-order chi connectivity index (χ1) is 18.1. The highest BCUT2D eigenvalue weighted by Crippen LogP contribution is 2.34. The van der Waals surface area contributed by atoms with Gasteiger partial charge in [-0.3, -0.25) is 0 Å². The van der Waals surface area contributed by atoms with Crippen LogP contribution in [0.4, 0.5) is 11.5 Å². The van der Waals surface area contributed by atoms with E-state index in [2.05, 4.69) is 64.6 Å². The van der Waals surface area contributed by atoms with Gasteiger partial charge in [0.1, 0.15) is 18.5 Å². The number of hydrogen-bond acceptors (Lipinski definition) is 8. The summed E-state index contributed by atoms with van der Waals surface area (Å²) < 4.78 is 6.19. The zero-order valence-electron chi connectivity index (χ0n) is 21.3. The van der Waals surface area contributed by atoms with Gasteiger partial charge in [-0.2, -0.15) is 9.97 Å². The molecule has 0 bridgehead atoms. The van der Waals surface area contributed by atoms with E-state index in [1.807, 2.05) is 4.90 Å². The molecule has 194 valence electrons. The van der Waals surface area contributed by atoms with Crippen molar-refractivity contribution in [2.75, 3.05) is 56.2 Å². The molecule has 1 aromatic heterocycles. The van der Waals surface area contributed by atoms with Crippen molar-refractivity contribution in [2.45, 2.75) is 37.9 Å². The lowest BCUT2D eigenvalue weighted by atomic mass is 10.0. The number of carboxylic acid groups (broad SMARTS) is 1. The zero-order chi connectivity index (χ0) is 25.4. The molecule has 2 atom stereocenters. The molecule has 9 heteroatoms. The van der Waals surface area contributed by atoms with Crippen molar-refractivity contribution >= 4 is 28.2 Å². The number of carbonyl (C=O) groups is 1. The molecule has 0 saturated carbocycles. The molecule has 0 aliphatic carbocycles. The zero-order valence-corrected chi connectivity index (χ0v) is 21.3. The smallest absolute Gasteiger partial charge is 0.327 e. The maximum atomic E-state index is 12.1. The van der Waals surface area contributed by atoms with Gasteiger partial charge in [-0.15, -0.1) is 0 Å². The maximum Gasteiger partial charge on any atom is 0.327 e. The van der Waals surface area contributed by atoms with E-state index in [1.54, 1.807) is 0 Å². The molecule has 2 N–H and O–H groups in total. The van der Waals surface area contributed by atoms with E-state index in [0.29, 0.717) is 50.7 Å². The van der Waals surface area contributed by atoms with Gasteiger partial charge in [-0.1, -0.05) is 36.4 Å². The summed E-state index contributed by atoms with van der Waals surface area (Å²) in [5, 5.41) is 15.6. The largest absolute Gasteiger partial charge is 0.480 e. The van der Waals surface area contributed by atoms with Crippen molar-refractivity contribution in [3.8, 4) is 6.01 Å². The van der Waals surface area contributed by atoms with Crippen molar-refractivity contribution in [3.05, 3.63) is 53.7 Å². The summed E-state index contributed by atoms with van der Waals surface area (Å²) in [7, 11) is 2.13. The summed E-state index contributed by atoms with van der Waals surface area (Å²) in [6.45, 7) is 4.74. The minimum absolute atomic E-state index is 0.344. The second-order valence-corrected chi connectivity index (χ2v) is 10.3. The highest BCUT2D eigenvalue weighted by molar-refractivity contribution is 5.94. The number of benzene rings is 2. The van der Waals surface area contributed by atoms with Gasteiger partial charge in [0.05, 0.1) is 12.2 Å². The Kier molecular flexibility index (Phi) is 6.56. The summed E-state index contributed by atoms with van der Waals surface area (Å²) in [6.07, 6.45) is 3.01. The average molecular weight is 503 g/mol. The number of aliphatic carboxylic acids is 1. The Labute approximate surface area is 217 Å². The van der Waals surface area contributed by atoms with Gasteiger partial charge < -0.3 is 29.9 Å². The third-order valence-corrected chi connectivity index (χ3v) is 8.01. The van der Waals surface area contributed by atoms with E-state index in [0.717, 1.165) is 37.2 Å². The standard InChI is InChI=1S/C28H34N6O3/c1-32-13-5-8-20(32)18-37-28-30-23-17-33(24-10-4-7-19-6-2-3-9-21(19)24)14-11-22(23)26(31-28)34-15-12-29-16-25(34)27(35)36/h2-4,6-7,9-10,20,25,29H,5,8,11-18H2,1H3,(H,35,36). The number of ether oxygens (including phenoxy) is 1. The van der Waals surface area contributed by atoms with Crippen molar-refractivity contribution in [3.63, 3.8) is 0 Å². The molecule has 3 aliphatic heterocycles. The summed E-state index contributed by atoms with van der Waals surface area (Å²) in [4.78, 5) is 28.5. The van der Waals surface area contributed by atoms with E-state index in [1.165, 1.54) is 22.9 Å². The third-order valence-electron chi connectivity index (χ3n) is 8.01. The second kappa shape index (κ2) is 10.1. The van der Waals surface area contributed by atoms with Crippen LogP contribution in [0.2, 0.25) is 0 Å². The maximum absolute atomic E-state index is 12.1. The van der Waals surface area contributed by atoms with Crippen LogP contribution < -0.4 is 19.9 Å². The number of aromatic nitrogens is 2. The van der Waals surface area contributed by atoms with E-state index in [9.17, 15) is 9.90 Å². The number of hydrogen-bond donors (Lipinski definition) is 2. The number of carboxylic acids is 1. The van der Waals surface area contributed by atoms with Crippen LogP contribution >= 0.6 is 0 Å². The number of piperazine rings is 1. The Bertz CT molecular complexity index is 1290. The van der Waals surface area contributed by atoms with Crippen LogP contribution in [0, 0.1) is 0 Å². The van der Waals surface area contributed by atoms with E-state index >= 15 is 0 Å². The predicted molar refractivity (Wildman–Crippen MR) is 144 cm³/mol. The molecule has 37 heavy (non-hydrogen) atoms. The highest BCUT2D eigenvalue weighted by atomic mass is 16.5. The summed E-state index contributed by atoms with van der Waals surface area (Å²) in [6, 6.07) is 14.9. The van der Waals surface area contributed by atoms with Crippen LogP contribution in [0.3, 0.4) is 0 Å². The molecule has 9 nitrogen and oxygen atoms in total. The quantitative estimate of drug-likeness (QED) is 0.527. The first kappa shape index (κ1) is 23.9. The molecular weight excluding hydrogens is 468 g/mol. The topological polar surface area (TPSA) is 94.1 Å². The molecule has 0 spiro atoms. The third kappa shape index (κ3) is 4.69. The molecule has 2 unspecified atom stereocenters. The Balaban J connectivity index is 1.36. The molecular formula is C28H34N6O3. The molecule has 6 rings (SSSR count). The Morgan fingerprint density at radius 2 is 2.00 bits per heavy atom. The highest BCUT2D eigenvalue weighted by Gasteiger charge is 2.34. The minimum atomic E-state index is -0.845. The first-order valence-electron chi connectivity index (χ1n) is 13.2. The van der Waals surface area contributed by atoms with Gasteiger partial charge in [0.15, 0.2) is 0 Å². The Hall–Kier alpha value is -3.43. The van der Waals surface area contributed by atoms with E-state index < -0.39 is 12.0 Å². The van der Waals surface area contributed by atoms with Gasteiger partial charge in [0.2, 0.25) is 0 Å². The normalized spacial score (nSPS) is 22.3. The van der Waals surface area contributed by atoms with Crippen LogP contribution in [0.15, 0.2) is 42.5 Å². The van der Waals surface area contributed by atoms with Crippen LogP contribution in [0.5, 0.6) is 6.01 Å². The van der Waals surface area contributed by atoms with Crippen LogP contribution in [0.25, 0.3) is 10.8 Å². The number of nitrogens with zero attached hydrogens (tertiary/aromatic N) is 5. The van der Waals surface area contributed by atoms with Gasteiger partial charge in [0, 0.05) is 48.9 Å². The molecule has 0 radical (unpaired) electrons. The number of nitrogens with one attached hydrogen (secondary N) is 1. The van der Waals surface area contributed by atoms with Gasteiger partial charge in [-0.25, -0.2) is 4.79 Å².